The molecule has 0 saturated heterocycles. The van der Waals surface area contributed by atoms with Crippen molar-refractivity contribution in [3.05, 3.63) is 71.6 Å². The van der Waals surface area contributed by atoms with Gasteiger partial charge in [-0.25, -0.2) is 13.5 Å². The van der Waals surface area contributed by atoms with Gasteiger partial charge in [-0.15, -0.1) is 5.10 Å². The number of nitrogens with one attached hydrogen (secondary N) is 2. The summed E-state index contributed by atoms with van der Waals surface area (Å²) in [4.78, 5) is 37.3. The number of carbonyl (C=O) groups is 3. The number of aromatic nitrogens is 3. The van der Waals surface area contributed by atoms with Gasteiger partial charge in [0.15, 0.2) is 23.2 Å². The number of rotatable bonds is 14. The first-order valence-corrected chi connectivity index (χ1v) is 12.2. The molecule has 1 heterocycles. The monoisotopic (exact) mass is 528 g/mol. The number of carbonyl (C=O) groups excluding carboxylic acids is 3. The molecule has 0 unspecified atom stereocenters. The van der Waals surface area contributed by atoms with E-state index in [4.69, 9.17) is 10.5 Å². The number of unbranched alkanes of at least 4 members (excludes halogenated alkanes) is 1. The van der Waals surface area contributed by atoms with Gasteiger partial charge in [0, 0.05) is 12.0 Å². The van der Waals surface area contributed by atoms with Gasteiger partial charge in [-0.2, -0.15) is 0 Å². The Labute approximate surface area is 218 Å². The topological polar surface area (TPSA) is 141 Å². The summed E-state index contributed by atoms with van der Waals surface area (Å²) in [5, 5.41) is 13.5. The lowest BCUT2D eigenvalue weighted by atomic mass is 10.0. The molecule has 1 aromatic heterocycles. The Morgan fingerprint density at radius 2 is 1.84 bits per heavy atom. The minimum absolute atomic E-state index is 0.113. The number of nitrogens with two attached hydrogens (primary N) is 1. The summed E-state index contributed by atoms with van der Waals surface area (Å²) in [5.74, 6) is -3.68. The average Bonchev–Trinajstić information content (AvgIpc) is 3.40. The van der Waals surface area contributed by atoms with Crippen LogP contribution in [-0.2, 0) is 16.1 Å². The molecule has 10 nitrogen and oxygen atoms in total. The van der Waals surface area contributed by atoms with E-state index in [1.54, 1.807) is 37.4 Å². The summed E-state index contributed by atoms with van der Waals surface area (Å²) in [6.07, 6.45) is 3.45. The second kappa shape index (κ2) is 13.9. The maximum atomic E-state index is 13.9. The van der Waals surface area contributed by atoms with Crippen molar-refractivity contribution in [2.75, 3.05) is 13.2 Å². The van der Waals surface area contributed by atoms with Crippen LogP contribution in [0.4, 0.5) is 8.78 Å². The molecule has 0 fully saturated rings. The van der Waals surface area contributed by atoms with Crippen molar-refractivity contribution in [3.8, 4) is 11.4 Å². The standard InChI is InChI=1S/C26H30F2N6O4/c1-2-24(36)30-14-18-15-34(33-32-18)19-8-5-7-17(13-19)26(37)31-22(11-3-4-12-29)23(35)16-38-25-20(27)9-6-10-21(25)28/h5-10,13,15,22H,2-4,11-12,14,16,29H2,1H3,(H,30,36)(H,31,37)/t22-/m0/s1. The number of amides is 2. The van der Waals surface area contributed by atoms with Crippen molar-refractivity contribution in [2.45, 2.75) is 45.2 Å². The third-order valence-corrected chi connectivity index (χ3v) is 5.62. The smallest absolute Gasteiger partial charge is 0.251 e. The van der Waals surface area contributed by atoms with E-state index in [2.05, 4.69) is 20.9 Å². The van der Waals surface area contributed by atoms with Gasteiger partial charge in [-0.05, 0) is 56.1 Å². The molecule has 1 atom stereocenters. The SMILES string of the molecule is CCC(=O)NCc1cn(-c2cccc(C(=O)N[C@@H](CCCCN)C(=O)COc3c(F)cccc3F)c2)nn1. The fraction of sp³-hybridized carbons (Fsp3) is 0.346. The van der Waals surface area contributed by atoms with Crippen molar-refractivity contribution in [1.82, 2.24) is 25.6 Å². The Hall–Kier alpha value is -4.19. The summed E-state index contributed by atoms with van der Waals surface area (Å²) >= 11 is 0. The molecule has 38 heavy (non-hydrogen) atoms. The number of hydrogen-bond donors (Lipinski definition) is 3. The molecule has 3 rings (SSSR count). The molecular weight excluding hydrogens is 498 g/mol. The number of ketones is 1. The van der Waals surface area contributed by atoms with Gasteiger partial charge in [0.2, 0.25) is 5.91 Å². The van der Waals surface area contributed by atoms with Crippen LogP contribution in [-0.4, -0.2) is 51.8 Å². The highest BCUT2D eigenvalue weighted by Gasteiger charge is 2.23. The Balaban J connectivity index is 1.69. The van der Waals surface area contributed by atoms with Crippen LogP contribution in [0.5, 0.6) is 5.75 Å². The molecule has 3 aromatic rings. The van der Waals surface area contributed by atoms with E-state index in [0.717, 1.165) is 12.1 Å². The zero-order valence-electron chi connectivity index (χ0n) is 21.0. The molecule has 0 spiro atoms. The Morgan fingerprint density at radius 1 is 1.11 bits per heavy atom. The van der Waals surface area contributed by atoms with Crippen LogP contribution in [0.1, 0.15) is 48.7 Å². The van der Waals surface area contributed by atoms with Crippen molar-refractivity contribution in [3.63, 3.8) is 0 Å². The lowest BCUT2D eigenvalue weighted by Gasteiger charge is -2.18. The fourth-order valence-corrected chi connectivity index (χ4v) is 3.52. The molecule has 0 aliphatic rings. The lowest BCUT2D eigenvalue weighted by Crippen LogP contribution is -2.43. The number of para-hydroxylation sites is 1. The largest absolute Gasteiger partial charge is 0.480 e. The Bertz CT molecular complexity index is 1250. The molecular formula is C26H30F2N6O4. The van der Waals surface area contributed by atoms with Gasteiger partial charge in [0.25, 0.3) is 5.91 Å². The van der Waals surface area contributed by atoms with Crippen molar-refractivity contribution < 1.29 is 27.9 Å². The zero-order chi connectivity index (χ0) is 27.5. The van der Waals surface area contributed by atoms with E-state index in [1.807, 2.05) is 0 Å². The Morgan fingerprint density at radius 3 is 2.55 bits per heavy atom. The molecule has 0 radical (unpaired) electrons. The van der Waals surface area contributed by atoms with E-state index in [0.29, 0.717) is 37.2 Å². The van der Waals surface area contributed by atoms with Gasteiger partial charge < -0.3 is 21.1 Å². The highest BCUT2D eigenvalue weighted by atomic mass is 19.1. The molecule has 12 heteroatoms. The maximum Gasteiger partial charge on any atom is 0.251 e. The highest BCUT2D eigenvalue weighted by Crippen LogP contribution is 2.21. The average molecular weight is 529 g/mol. The van der Waals surface area contributed by atoms with E-state index >= 15 is 0 Å². The maximum absolute atomic E-state index is 13.9. The molecule has 202 valence electrons. The third-order valence-electron chi connectivity index (χ3n) is 5.62. The van der Waals surface area contributed by atoms with E-state index in [-0.39, 0.29) is 24.4 Å². The van der Waals surface area contributed by atoms with E-state index < -0.39 is 41.7 Å². The summed E-state index contributed by atoms with van der Waals surface area (Å²) in [6.45, 7) is 1.75. The predicted octanol–water partition coefficient (Wildman–Crippen LogP) is 2.45. The van der Waals surface area contributed by atoms with Crippen LogP contribution in [0, 0.1) is 11.6 Å². The van der Waals surface area contributed by atoms with Gasteiger partial charge in [-0.3, -0.25) is 14.4 Å². The van der Waals surface area contributed by atoms with Gasteiger partial charge in [0.1, 0.15) is 12.3 Å². The summed E-state index contributed by atoms with van der Waals surface area (Å²) < 4.78 is 34.3. The van der Waals surface area contributed by atoms with E-state index in [1.165, 1.54) is 10.7 Å². The van der Waals surface area contributed by atoms with Crippen LogP contribution in [0.25, 0.3) is 5.69 Å². The number of halogens is 2. The molecule has 2 amide bonds. The number of hydrogen-bond acceptors (Lipinski definition) is 7. The molecule has 0 aliphatic heterocycles. The quantitative estimate of drug-likeness (QED) is 0.273. The molecule has 0 saturated carbocycles. The first-order valence-electron chi connectivity index (χ1n) is 12.2. The molecule has 0 aliphatic carbocycles. The lowest BCUT2D eigenvalue weighted by molar-refractivity contribution is -0.123. The molecule has 2 aromatic carbocycles. The number of benzene rings is 2. The first-order chi connectivity index (χ1) is 18.3. The van der Waals surface area contributed by atoms with Gasteiger partial charge in [-0.1, -0.05) is 24.3 Å². The molecule has 0 bridgehead atoms. The second-order valence-electron chi connectivity index (χ2n) is 8.45. The van der Waals surface area contributed by atoms with Crippen molar-refractivity contribution in [1.29, 1.82) is 0 Å². The van der Waals surface area contributed by atoms with Gasteiger partial charge in [0.05, 0.1) is 24.5 Å². The van der Waals surface area contributed by atoms with Crippen LogP contribution in [0.3, 0.4) is 0 Å². The predicted molar refractivity (Wildman–Crippen MR) is 135 cm³/mol. The number of nitrogens with zero attached hydrogens (tertiary/aromatic N) is 3. The first kappa shape index (κ1) is 28.4. The normalized spacial score (nSPS) is 11.6. The second-order valence-corrected chi connectivity index (χ2v) is 8.45. The van der Waals surface area contributed by atoms with Gasteiger partial charge >= 0.3 is 0 Å². The van der Waals surface area contributed by atoms with E-state index in [9.17, 15) is 23.2 Å². The van der Waals surface area contributed by atoms with Crippen LogP contribution < -0.4 is 21.1 Å². The van der Waals surface area contributed by atoms with Crippen molar-refractivity contribution in [2.24, 2.45) is 5.73 Å². The Kier molecular flexibility index (Phi) is 10.4. The molecule has 4 N–H and O–H groups in total. The third kappa shape index (κ3) is 7.90. The summed E-state index contributed by atoms with van der Waals surface area (Å²) in [7, 11) is 0. The fourth-order valence-electron chi connectivity index (χ4n) is 3.52. The number of ether oxygens (including phenoxy) is 1. The summed E-state index contributed by atoms with van der Waals surface area (Å²) in [5.41, 5.74) is 6.90. The summed E-state index contributed by atoms with van der Waals surface area (Å²) in [6, 6.07) is 8.81. The van der Waals surface area contributed by atoms with Crippen LogP contribution >= 0.6 is 0 Å². The highest BCUT2D eigenvalue weighted by molar-refractivity contribution is 5.98. The minimum atomic E-state index is -0.951. The van der Waals surface area contributed by atoms with Crippen LogP contribution in [0.2, 0.25) is 0 Å². The zero-order valence-corrected chi connectivity index (χ0v) is 21.0. The number of Topliss-reactive ketones (excluding diaryl/α,β-unsaturated/α-hetero) is 1. The minimum Gasteiger partial charge on any atom is -0.480 e. The van der Waals surface area contributed by atoms with Crippen LogP contribution in [0.15, 0.2) is 48.7 Å². The van der Waals surface area contributed by atoms with Crippen molar-refractivity contribution >= 4 is 17.6 Å².